The molecule has 80 valence electrons. The Hall–Kier alpha value is -1.98. The van der Waals surface area contributed by atoms with Crippen LogP contribution in [-0.2, 0) is 11.2 Å². The third-order valence-electron chi connectivity index (χ3n) is 1.77. The number of aromatic hydroxyl groups is 1. The molecule has 1 rings (SSSR count). The third-order valence-corrected chi connectivity index (χ3v) is 1.77. The lowest BCUT2D eigenvalue weighted by Gasteiger charge is -2.03. The van der Waals surface area contributed by atoms with Crippen molar-refractivity contribution in [1.82, 2.24) is 0 Å². The first-order chi connectivity index (χ1) is 6.91. The molecule has 0 aromatic heterocycles. The molecule has 5 nitrogen and oxygen atoms in total. The molecule has 1 aromatic rings. The molecule has 6 heteroatoms. The van der Waals surface area contributed by atoms with Crippen LogP contribution in [0.5, 0.6) is 5.75 Å². The van der Waals surface area contributed by atoms with E-state index in [1.807, 2.05) is 0 Å². The second-order valence-electron chi connectivity index (χ2n) is 3.07. The lowest BCUT2D eigenvalue weighted by molar-refractivity contribution is -0.386. The highest BCUT2D eigenvalue weighted by atomic mass is 19.1. The van der Waals surface area contributed by atoms with Crippen molar-refractivity contribution in [1.29, 1.82) is 0 Å². The lowest BCUT2D eigenvalue weighted by Crippen LogP contribution is -2.00. The Balaban J connectivity index is 3.28. The number of carbonyl (C=O) groups excluding carboxylic acids is 1. The summed E-state index contributed by atoms with van der Waals surface area (Å²) in [6.45, 7) is 1.25. The molecule has 0 amide bonds. The van der Waals surface area contributed by atoms with Gasteiger partial charge in [-0.25, -0.2) is 4.39 Å². The fraction of sp³-hybridized carbons (Fsp3) is 0.222. The zero-order chi connectivity index (χ0) is 11.6. The van der Waals surface area contributed by atoms with Crippen molar-refractivity contribution in [3.05, 3.63) is 33.6 Å². The third kappa shape index (κ3) is 2.49. The highest BCUT2D eigenvalue weighted by Crippen LogP contribution is 2.31. The summed E-state index contributed by atoms with van der Waals surface area (Å²) in [5, 5.41) is 19.8. The fourth-order valence-electron chi connectivity index (χ4n) is 1.18. The van der Waals surface area contributed by atoms with Crippen LogP contribution in [0.15, 0.2) is 12.1 Å². The van der Waals surface area contributed by atoms with Gasteiger partial charge in [0.25, 0.3) is 0 Å². The predicted molar refractivity (Wildman–Crippen MR) is 49.1 cm³/mol. The van der Waals surface area contributed by atoms with Gasteiger partial charge in [-0.15, -0.1) is 0 Å². The minimum absolute atomic E-state index is 0.0748. The molecule has 0 bridgehead atoms. The standard InChI is InChI=1S/C9H8FNO4/c1-5(12)2-6-3-7(10)4-8(9(6)13)11(14)15/h3-4,13H,2H2,1H3. The van der Waals surface area contributed by atoms with Crippen molar-refractivity contribution in [2.45, 2.75) is 13.3 Å². The van der Waals surface area contributed by atoms with E-state index in [2.05, 4.69) is 0 Å². The van der Waals surface area contributed by atoms with Crippen LogP contribution in [0.1, 0.15) is 12.5 Å². The van der Waals surface area contributed by atoms with Gasteiger partial charge in [0, 0.05) is 12.0 Å². The molecular weight excluding hydrogens is 205 g/mol. The second kappa shape index (κ2) is 4.04. The van der Waals surface area contributed by atoms with Crippen LogP contribution in [0.3, 0.4) is 0 Å². The van der Waals surface area contributed by atoms with E-state index in [9.17, 15) is 24.4 Å². The van der Waals surface area contributed by atoms with Crippen molar-refractivity contribution in [3.8, 4) is 5.75 Å². The van der Waals surface area contributed by atoms with Crippen LogP contribution in [0.25, 0.3) is 0 Å². The van der Waals surface area contributed by atoms with Gasteiger partial charge in [-0.3, -0.25) is 14.9 Å². The number of carbonyl (C=O) groups is 1. The maximum atomic E-state index is 12.9. The van der Waals surface area contributed by atoms with Gasteiger partial charge < -0.3 is 5.11 Å². The van der Waals surface area contributed by atoms with Gasteiger partial charge in [0.05, 0.1) is 11.0 Å². The molecule has 0 unspecified atom stereocenters. The van der Waals surface area contributed by atoms with Crippen molar-refractivity contribution >= 4 is 11.5 Å². The number of phenolic OH excluding ortho intramolecular Hbond substituents is 1. The van der Waals surface area contributed by atoms with Crippen LogP contribution < -0.4 is 0 Å². The quantitative estimate of drug-likeness (QED) is 0.610. The number of halogens is 1. The maximum absolute atomic E-state index is 12.9. The van der Waals surface area contributed by atoms with Crippen molar-refractivity contribution < 1.29 is 19.2 Å². The lowest BCUT2D eigenvalue weighted by atomic mass is 10.1. The van der Waals surface area contributed by atoms with E-state index >= 15 is 0 Å². The molecule has 1 N–H and O–H groups in total. The Labute approximate surface area is 84.3 Å². The molecule has 0 saturated heterocycles. The summed E-state index contributed by atoms with van der Waals surface area (Å²) in [5.74, 6) is -1.82. The van der Waals surface area contributed by atoms with Crippen molar-refractivity contribution in [3.63, 3.8) is 0 Å². The first-order valence-electron chi connectivity index (χ1n) is 4.07. The molecule has 0 fully saturated rings. The minimum atomic E-state index is -0.901. The van der Waals surface area contributed by atoms with Gasteiger partial charge in [0.1, 0.15) is 11.6 Å². The van der Waals surface area contributed by atoms with Crippen molar-refractivity contribution in [2.75, 3.05) is 0 Å². The highest BCUT2D eigenvalue weighted by Gasteiger charge is 2.19. The number of ketones is 1. The Bertz CT molecular complexity index is 430. The Kier molecular flexibility index (Phi) is 2.99. The Morgan fingerprint density at radius 2 is 2.20 bits per heavy atom. The predicted octanol–water partition coefficient (Wildman–Crippen LogP) is 1.57. The molecule has 15 heavy (non-hydrogen) atoms. The van der Waals surface area contributed by atoms with Gasteiger partial charge in [0.2, 0.25) is 0 Å². The summed E-state index contributed by atoms with van der Waals surface area (Å²) in [7, 11) is 0. The number of hydrogen-bond donors (Lipinski definition) is 1. The monoisotopic (exact) mass is 213 g/mol. The molecule has 0 aliphatic rings. The topological polar surface area (TPSA) is 80.4 Å². The Morgan fingerprint density at radius 1 is 1.60 bits per heavy atom. The zero-order valence-corrected chi connectivity index (χ0v) is 7.86. The number of benzene rings is 1. The van der Waals surface area contributed by atoms with E-state index in [1.54, 1.807) is 0 Å². The summed E-state index contributed by atoms with van der Waals surface area (Å²) >= 11 is 0. The van der Waals surface area contributed by atoms with Gasteiger partial charge in [-0.2, -0.15) is 0 Å². The minimum Gasteiger partial charge on any atom is -0.502 e. The molecular formula is C9H8FNO4. The van der Waals surface area contributed by atoms with Crippen LogP contribution in [0, 0.1) is 15.9 Å². The average molecular weight is 213 g/mol. The van der Waals surface area contributed by atoms with E-state index in [1.165, 1.54) is 6.92 Å². The summed E-state index contributed by atoms with van der Waals surface area (Å²) in [6.07, 6.45) is -0.232. The molecule has 0 atom stereocenters. The molecule has 0 saturated carbocycles. The smallest absolute Gasteiger partial charge is 0.313 e. The van der Waals surface area contributed by atoms with Crippen LogP contribution in [-0.4, -0.2) is 15.8 Å². The first-order valence-corrected chi connectivity index (χ1v) is 4.07. The number of nitrogens with zero attached hydrogens (tertiary/aromatic N) is 1. The molecule has 0 heterocycles. The second-order valence-corrected chi connectivity index (χ2v) is 3.07. The van der Waals surface area contributed by atoms with E-state index in [0.717, 1.165) is 6.07 Å². The van der Waals surface area contributed by atoms with Crippen LogP contribution in [0.4, 0.5) is 10.1 Å². The largest absolute Gasteiger partial charge is 0.502 e. The summed E-state index contributed by atoms with van der Waals surface area (Å²) < 4.78 is 12.9. The molecule has 0 aliphatic heterocycles. The zero-order valence-electron chi connectivity index (χ0n) is 7.86. The normalized spacial score (nSPS) is 10.0. The molecule has 0 aliphatic carbocycles. The van der Waals surface area contributed by atoms with E-state index in [4.69, 9.17) is 0 Å². The number of phenols is 1. The molecule has 0 radical (unpaired) electrons. The molecule has 0 spiro atoms. The Morgan fingerprint density at radius 3 is 2.67 bits per heavy atom. The summed E-state index contributed by atoms with van der Waals surface area (Å²) in [4.78, 5) is 20.3. The van der Waals surface area contributed by atoms with E-state index in [-0.39, 0.29) is 17.8 Å². The number of rotatable bonds is 3. The van der Waals surface area contributed by atoms with Crippen LogP contribution >= 0.6 is 0 Å². The first kappa shape index (κ1) is 11.1. The maximum Gasteiger partial charge on any atom is 0.313 e. The van der Waals surface area contributed by atoms with E-state index < -0.39 is 22.2 Å². The number of Topliss-reactive ketones (excluding diaryl/α,β-unsaturated/α-hetero) is 1. The van der Waals surface area contributed by atoms with Gasteiger partial charge in [0.15, 0.2) is 5.75 Å². The number of hydrogen-bond acceptors (Lipinski definition) is 4. The van der Waals surface area contributed by atoms with Gasteiger partial charge in [-0.05, 0) is 13.0 Å². The van der Waals surface area contributed by atoms with Crippen molar-refractivity contribution in [2.24, 2.45) is 0 Å². The summed E-state index contributed by atoms with van der Waals surface area (Å²) in [5.41, 5.74) is -0.805. The number of nitro groups is 1. The molecule has 1 aromatic carbocycles. The van der Waals surface area contributed by atoms with Gasteiger partial charge in [-0.1, -0.05) is 0 Å². The summed E-state index contributed by atoms with van der Waals surface area (Å²) in [6, 6.07) is 1.52. The fourth-order valence-corrected chi connectivity index (χ4v) is 1.18. The average Bonchev–Trinajstić information content (AvgIpc) is 2.09. The van der Waals surface area contributed by atoms with Gasteiger partial charge >= 0.3 is 5.69 Å². The number of nitro benzene ring substituents is 1. The highest BCUT2D eigenvalue weighted by molar-refractivity contribution is 5.79. The SMILES string of the molecule is CC(=O)Cc1cc(F)cc([N+](=O)[O-])c1O. The van der Waals surface area contributed by atoms with Crippen LogP contribution in [0.2, 0.25) is 0 Å². The van der Waals surface area contributed by atoms with E-state index in [0.29, 0.717) is 6.07 Å².